The molecule has 14 atom stereocenters. The standard InChI is InChI=1S/C67H88ClF3N6O15S/c1-9-57(82)74-46-31-45(68)32-47(33-46)75-63(85)50-35-73-77(61(50)67(69,70)71)48-16-18-49(19-17-48)90-36-58(83)72-21-24-93-23-12-13-44-26-37(2)25-38(3)27-55(81)60-39(4)28-41(6)66(88,92-60)62(84)64(86)76-22-11-10-14-51(76)65(87)91-59(42(7)53(79)34-54(44)80)40(5)29-43-15-20-52(78)56(30-43)89-8/h9,16-19,26,29,31-33,35,38-39,41-44,51-53,55-56,59-60,78-79,81,88H,1,10-15,20-25,27-28,30,34,36H2,2-8H3,(H,72,83)(H,74,82)(H,75,85)/b37-26+,40-29+/t38-,39-,41+,42+,43-,44+,51-,52+,53-,55-,56+,59+,60-,66?/m0/s1. The monoisotopic (exact) mass is 1340 g/mol. The van der Waals surface area contributed by atoms with E-state index in [-0.39, 0.29) is 90.1 Å². The highest BCUT2D eigenvalue weighted by Crippen LogP contribution is 2.41. The molecule has 93 heavy (non-hydrogen) atoms. The number of hydrogen-bond acceptors (Lipinski definition) is 17. The molecule has 4 heterocycles. The number of hydrogen-bond donors (Lipinski definition) is 7. The van der Waals surface area contributed by atoms with E-state index in [4.69, 9.17) is 30.5 Å². The largest absolute Gasteiger partial charge is 0.484 e. The highest BCUT2D eigenvalue weighted by atomic mass is 35.5. The lowest BCUT2D eigenvalue weighted by Crippen LogP contribution is -2.63. The van der Waals surface area contributed by atoms with Crippen molar-refractivity contribution in [3.63, 3.8) is 0 Å². The van der Waals surface area contributed by atoms with E-state index in [9.17, 15) is 67.2 Å². The third-order valence-corrected chi connectivity index (χ3v) is 19.2. The summed E-state index contributed by atoms with van der Waals surface area (Å²) in [5.74, 6) is -9.88. The van der Waals surface area contributed by atoms with Crippen LogP contribution in [0.2, 0.25) is 5.02 Å². The number of thioether (sulfide) groups is 1. The second kappa shape index (κ2) is 33.3. The van der Waals surface area contributed by atoms with Crippen LogP contribution in [-0.4, -0.2) is 163 Å². The lowest BCUT2D eigenvalue weighted by atomic mass is 9.78. The van der Waals surface area contributed by atoms with Gasteiger partial charge in [0.2, 0.25) is 11.7 Å². The minimum atomic E-state index is -5.04. The maximum absolute atomic E-state index is 14.6. The first kappa shape index (κ1) is 74.0. The second-order valence-electron chi connectivity index (χ2n) is 25.3. The molecular weight excluding hydrogens is 1250 g/mol. The van der Waals surface area contributed by atoms with Crippen molar-refractivity contribution in [2.45, 2.75) is 173 Å². The summed E-state index contributed by atoms with van der Waals surface area (Å²) in [6.45, 7) is 14.0. The van der Waals surface area contributed by atoms with E-state index in [1.807, 2.05) is 32.9 Å². The number of alkyl halides is 3. The molecule has 1 unspecified atom stereocenters. The number of halogens is 4. The molecule has 1 saturated carbocycles. The minimum Gasteiger partial charge on any atom is -0.484 e. The number of benzene rings is 2. The summed E-state index contributed by atoms with van der Waals surface area (Å²) < 4.78 is 67.9. The van der Waals surface area contributed by atoms with Crippen LogP contribution < -0.4 is 20.7 Å². The number of ether oxygens (including phenoxy) is 4. The van der Waals surface area contributed by atoms with Crippen LogP contribution >= 0.6 is 23.4 Å². The summed E-state index contributed by atoms with van der Waals surface area (Å²) in [5, 5.41) is 58.0. The Morgan fingerprint density at radius 2 is 1.63 bits per heavy atom. The number of fused-ring (bicyclic) bond motifs is 3. The van der Waals surface area contributed by atoms with Crippen molar-refractivity contribution in [2.24, 2.45) is 35.5 Å². The Balaban J connectivity index is 0.986. The third-order valence-electron chi connectivity index (χ3n) is 17.9. The highest BCUT2D eigenvalue weighted by molar-refractivity contribution is 7.99. The molecule has 26 heteroatoms. The molecule has 3 aromatic rings. The lowest BCUT2D eigenvalue weighted by molar-refractivity contribution is -0.288. The number of amides is 4. The normalized spacial score (nSPS) is 29.6. The van der Waals surface area contributed by atoms with Crippen molar-refractivity contribution in [1.29, 1.82) is 0 Å². The van der Waals surface area contributed by atoms with Gasteiger partial charge in [-0.05, 0) is 162 Å². The number of nitrogens with one attached hydrogen (secondary N) is 3. The number of anilines is 2. The average Bonchev–Trinajstić information content (AvgIpc) is 1.70. The molecule has 2 bridgehead atoms. The maximum atomic E-state index is 14.6. The SMILES string of the molecule is C=CC(=O)Nc1cc(Cl)cc(NC(=O)c2cnn(-c3ccc(OCC(=O)NCCSCCC[C@@H]4/C=C(\C)C[C@H](C)C[C@H](O)[C@H]5OC(O)(C(=O)C(=O)N6CCCC[C@H]6C(=O)O[C@H](/C(C)=C/[C@@H]6CC[C@@H](O)[C@H](OC)C6)[C@H](C)[C@@H](O)CC4=O)[C@H](C)C[C@@H]5C)cc3)c2C(F)(F)F)c1. The zero-order chi connectivity index (χ0) is 68.1. The van der Waals surface area contributed by atoms with Crippen molar-refractivity contribution in [3.8, 4) is 11.4 Å². The predicted octanol–water partition coefficient (Wildman–Crippen LogP) is 8.97. The van der Waals surface area contributed by atoms with E-state index in [1.165, 1.54) is 61.3 Å². The molecule has 3 fully saturated rings. The number of aliphatic hydroxyl groups is 4. The molecule has 1 aromatic heterocycles. The van der Waals surface area contributed by atoms with Crippen molar-refractivity contribution >= 4 is 75.9 Å². The molecule has 0 radical (unpaired) electrons. The van der Waals surface area contributed by atoms with Gasteiger partial charge in [0.1, 0.15) is 23.7 Å². The van der Waals surface area contributed by atoms with Crippen LogP contribution in [0.25, 0.3) is 5.69 Å². The van der Waals surface area contributed by atoms with Gasteiger partial charge in [-0.25, -0.2) is 9.48 Å². The van der Waals surface area contributed by atoms with Crippen molar-refractivity contribution in [2.75, 3.05) is 48.9 Å². The fourth-order valence-electron chi connectivity index (χ4n) is 13.0. The van der Waals surface area contributed by atoms with Crippen molar-refractivity contribution < 1.29 is 86.1 Å². The number of cyclic esters (lactones) is 1. The Labute approximate surface area is 549 Å². The van der Waals surface area contributed by atoms with Crippen LogP contribution in [0.15, 0.2) is 84.6 Å². The summed E-state index contributed by atoms with van der Waals surface area (Å²) in [6, 6.07) is 7.99. The van der Waals surface area contributed by atoms with Crippen LogP contribution in [0.1, 0.15) is 135 Å². The maximum Gasteiger partial charge on any atom is 0.434 e. The quantitative estimate of drug-likeness (QED) is 0.0205. The molecule has 0 spiro atoms. The van der Waals surface area contributed by atoms with Crippen molar-refractivity contribution in [1.82, 2.24) is 20.0 Å². The molecule has 510 valence electrons. The number of rotatable bonds is 18. The Hall–Kier alpha value is -6.45. The van der Waals surface area contributed by atoms with Crippen LogP contribution in [0.5, 0.6) is 5.75 Å². The number of carbonyl (C=O) groups is 7. The van der Waals surface area contributed by atoms with Gasteiger partial charge in [-0.15, -0.1) is 0 Å². The lowest BCUT2D eigenvalue weighted by Gasteiger charge is -2.46. The topological polar surface area (TPSA) is 294 Å². The van der Waals surface area contributed by atoms with Gasteiger partial charge in [0.15, 0.2) is 12.3 Å². The zero-order valence-electron chi connectivity index (χ0n) is 53.6. The zero-order valence-corrected chi connectivity index (χ0v) is 55.2. The average molecular weight is 1340 g/mol. The van der Waals surface area contributed by atoms with Gasteiger partial charge in [0.25, 0.3) is 23.5 Å². The number of carbonyl (C=O) groups excluding carboxylic acids is 7. The van der Waals surface area contributed by atoms with Gasteiger partial charge in [0.05, 0.1) is 48.0 Å². The van der Waals surface area contributed by atoms with E-state index >= 15 is 0 Å². The van der Waals surface area contributed by atoms with Gasteiger partial charge < -0.3 is 60.2 Å². The minimum absolute atomic E-state index is 0.000286. The first-order valence-electron chi connectivity index (χ1n) is 31.7. The molecule has 7 rings (SSSR count). The molecular formula is C67H88ClF3N6O15S. The fraction of sp³-hybridized carbons (Fsp3) is 0.582. The molecule has 4 amide bonds. The first-order chi connectivity index (χ1) is 44.0. The summed E-state index contributed by atoms with van der Waals surface area (Å²) in [5.41, 5.74) is -0.633. The Bertz CT molecular complexity index is 3220. The number of aliphatic hydroxyl groups excluding tert-OH is 3. The highest BCUT2D eigenvalue weighted by Gasteiger charge is 2.55. The number of allylic oxidation sites excluding steroid dienone is 3. The molecule has 7 N–H and O–H groups in total. The second-order valence-corrected chi connectivity index (χ2v) is 27.0. The van der Waals surface area contributed by atoms with E-state index in [1.54, 1.807) is 20.8 Å². The molecule has 2 aromatic carbocycles. The summed E-state index contributed by atoms with van der Waals surface area (Å²) in [4.78, 5) is 96.8. The molecule has 2 saturated heterocycles. The van der Waals surface area contributed by atoms with Gasteiger partial charge in [-0.1, -0.05) is 63.6 Å². The van der Waals surface area contributed by atoms with Crippen molar-refractivity contribution in [3.05, 3.63) is 101 Å². The number of esters is 1. The van der Waals surface area contributed by atoms with E-state index in [0.29, 0.717) is 73.1 Å². The number of piperidine rings is 1. The molecule has 4 aliphatic rings. The van der Waals surface area contributed by atoms with E-state index in [2.05, 4.69) is 27.6 Å². The van der Waals surface area contributed by atoms with Gasteiger partial charge in [0, 0.05) is 66.5 Å². The van der Waals surface area contributed by atoms with Gasteiger partial charge in [-0.2, -0.15) is 30.0 Å². The molecule has 21 nitrogen and oxygen atoms in total. The number of methoxy groups -OCH3 is 1. The summed E-state index contributed by atoms with van der Waals surface area (Å²) in [6.07, 6.45) is -0.826. The van der Waals surface area contributed by atoms with E-state index in [0.717, 1.165) is 22.7 Å². The Kier molecular flexibility index (Phi) is 26.5. The summed E-state index contributed by atoms with van der Waals surface area (Å²) >= 11 is 7.66. The number of aromatic nitrogens is 2. The van der Waals surface area contributed by atoms with Crippen LogP contribution in [0.4, 0.5) is 24.5 Å². The van der Waals surface area contributed by atoms with Gasteiger partial charge >= 0.3 is 12.1 Å². The fourth-order valence-corrected chi connectivity index (χ4v) is 14.1. The van der Waals surface area contributed by atoms with Crippen LogP contribution in [0.3, 0.4) is 0 Å². The Morgan fingerprint density at radius 3 is 2.32 bits per heavy atom. The number of ketones is 2. The van der Waals surface area contributed by atoms with E-state index < -0.39 is 126 Å². The van der Waals surface area contributed by atoms with Crippen LogP contribution in [0, 0.1) is 35.5 Å². The smallest absolute Gasteiger partial charge is 0.434 e. The van der Waals surface area contributed by atoms with Gasteiger partial charge in [-0.3, -0.25) is 28.8 Å². The van der Waals surface area contributed by atoms with Crippen LogP contribution in [-0.2, 0) is 49.2 Å². The predicted molar refractivity (Wildman–Crippen MR) is 343 cm³/mol. The number of nitrogens with zero attached hydrogens (tertiary/aromatic N) is 3. The molecule has 1 aliphatic carbocycles. The molecule has 3 aliphatic heterocycles. The third kappa shape index (κ3) is 19.6. The first-order valence-corrected chi connectivity index (χ1v) is 33.2. The summed E-state index contributed by atoms with van der Waals surface area (Å²) in [7, 11) is 1.53. The Morgan fingerprint density at radius 1 is 0.925 bits per heavy atom. The number of Topliss-reactive ketones (excluding diaryl/α,β-unsaturated/α-hetero) is 2.